The molecule has 192 valence electrons. The molecule has 0 heterocycles. The van der Waals surface area contributed by atoms with Gasteiger partial charge in [-0.15, -0.1) is 0 Å². The van der Waals surface area contributed by atoms with Crippen molar-refractivity contribution in [2.24, 2.45) is 0 Å². The third-order valence-electron chi connectivity index (χ3n) is 5.70. The zero-order valence-corrected chi connectivity index (χ0v) is 22.5. The van der Waals surface area contributed by atoms with Gasteiger partial charge in [0.05, 0.1) is 11.9 Å². The first-order chi connectivity index (χ1) is 16.5. The summed E-state index contributed by atoms with van der Waals surface area (Å²) >= 11 is 5.93. The third-order valence-corrected chi connectivity index (χ3v) is 7.15. The number of hydrogen-bond donors (Lipinski definition) is 1. The standard InChI is InChI=1S/C26H36ClN3O4S/c1-5-6-16-28-26(32)21(3)29(19-22-10-7-9-20(2)18-22)25(31)11-8-17-30(35(4,33)34)24-14-12-23(27)13-15-24/h7,9-10,12-15,18,21H,5-6,8,11,16-17,19H2,1-4H3,(H,28,32). The first-order valence-electron chi connectivity index (χ1n) is 11.9. The molecule has 0 fully saturated rings. The van der Waals surface area contributed by atoms with Crippen molar-refractivity contribution in [3.05, 3.63) is 64.7 Å². The van der Waals surface area contributed by atoms with Crippen LogP contribution < -0.4 is 9.62 Å². The van der Waals surface area contributed by atoms with Crippen LogP contribution in [-0.4, -0.2) is 50.5 Å². The number of nitrogens with one attached hydrogen (secondary N) is 1. The van der Waals surface area contributed by atoms with Crippen LogP contribution in [0.4, 0.5) is 5.69 Å². The highest BCUT2D eigenvalue weighted by molar-refractivity contribution is 7.92. The molecule has 0 aromatic heterocycles. The van der Waals surface area contributed by atoms with Crippen molar-refractivity contribution in [1.29, 1.82) is 0 Å². The summed E-state index contributed by atoms with van der Waals surface area (Å²) in [6, 6.07) is 13.7. The number of sulfonamides is 1. The zero-order valence-electron chi connectivity index (χ0n) is 21.0. The van der Waals surface area contributed by atoms with Gasteiger partial charge in [0.2, 0.25) is 21.8 Å². The van der Waals surface area contributed by atoms with E-state index >= 15 is 0 Å². The minimum Gasteiger partial charge on any atom is -0.354 e. The highest BCUT2D eigenvalue weighted by Gasteiger charge is 2.26. The molecule has 0 bridgehead atoms. The molecule has 0 spiro atoms. The molecule has 1 N–H and O–H groups in total. The highest BCUT2D eigenvalue weighted by atomic mass is 35.5. The minimum absolute atomic E-state index is 0.109. The Morgan fingerprint density at radius 2 is 1.77 bits per heavy atom. The molecule has 7 nitrogen and oxygen atoms in total. The van der Waals surface area contributed by atoms with Gasteiger partial charge in [0, 0.05) is 31.1 Å². The Bertz CT molecular complexity index is 1090. The largest absolute Gasteiger partial charge is 0.354 e. The number of carbonyl (C=O) groups is 2. The molecule has 2 aromatic carbocycles. The smallest absolute Gasteiger partial charge is 0.242 e. The lowest BCUT2D eigenvalue weighted by atomic mass is 10.1. The van der Waals surface area contributed by atoms with Crippen molar-refractivity contribution in [3.8, 4) is 0 Å². The number of anilines is 1. The lowest BCUT2D eigenvalue weighted by Gasteiger charge is -2.29. The van der Waals surface area contributed by atoms with Gasteiger partial charge >= 0.3 is 0 Å². The summed E-state index contributed by atoms with van der Waals surface area (Å²) in [4.78, 5) is 27.6. The normalized spacial score (nSPS) is 12.1. The molecule has 35 heavy (non-hydrogen) atoms. The number of aryl methyl sites for hydroxylation is 1. The average Bonchev–Trinajstić information content (AvgIpc) is 2.80. The van der Waals surface area contributed by atoms with Crippen LogP contribution >= 0.6 is 11.6 Å². The number of rotatable bonds is 13. The van der Waals surface area contributed by atoms with Gasteiger partial charge in [-0.25, -0.2) is 8.42 Å². The van der Waals surface area contributed by atoms with E-state index in [1.165, 1.54) is 4.31 Å². The second kappa shape index (κ2) is 13.5. The molecule has 2 amide bonds. The fourth-order valence-electron chi connectivity index (χ4n) is 3.74. The molecule has 2 aromatic rings. The van der Waals surface area contributed by atoms with E-state index in [2.05, 4.69) is 5.32 Å². The van der Waals surface area contributed by atoms with Gasteiger partial charge in [-0.3, -0.25) is 13.9 Å². The molecule has 0 aliphatic rings. The first-order valence-corrected chi connectivity index (χ1v) is 14.1. The van der Waals surface area contributed by atoms with Crippen LogP contribution in [0.2, 0.25) is 5.02 Å². The summed E-state index contributed by atoms with van der Waals surface area (Å²) in [5.74, 6) is -0.396. The predicted molar refractivity (Wildman–Crippen MR) is 142 cm³/mol. The molecule has 0 aliphatic heterocycles. The molecular formula is C26H36ClN3O4S. The van der Waals surface area contributed by atoms with E-state index in [4.69, 9.17) is 11.6 Å². The topological polar surface area (TPSA) is 86.8 Å². The van der Waals surface area contributed by atoms with Gasteiger partial charge in [-0.05, 0) is 56.5 Å². The van der Waals surface area contributed by atoms with Gasteiger partial charge in [0.1, 0.15) is 6.04 Å². The maximum Gasteiger partial charge on any atom is 0.242 e. The summed E-state index contributed by atoms with van der Waals surface area (Å²) in [5, 5.41) is 3.41. The Balaban J connectivity index is 2.13. The van der Waals surface area contributed by atoms with E-state index in [0.717, 1.165) is 30.2 Å². The van der Waals surface area contributed by atoms with Gasteiger partial charge in [-0.1, -0.05) is 54.8 Å². The van der Waals surface area contributed by atoms with Crippen molar-refractivity contribution in [2.75, 3.05) is 23.7 Å². The molecule has 1 atom stereocenters. The number of nitrogens with zero attached hydrogens (tertiary/aromatic N) is 2. The van der Waals surface area contributed by atoms with E-state index in [9.17, 15) is 18.0 Å². The molecule has 0 saturated heterocycles. The second-order valence-corrected chi connectivity index (χ2v) is 11.1. The zero-order chi connectivity index (χ0) is 26.0. The Kier molecular flexibility index (Phi) is 11.0. The molecular weight excluding hydrogens is 486 g/mol. The van der Waals surface area contributed by atoms with E-state index in [1.807, 2.05) is 38.1 Å². The van der Waals surface area contributed by atoms with E-state index in [-0.39, 0.29) is 24.8 Å². The molecule has 0 radical (unpaired) electrons. The van der Waals surface area contributed by atoms with Gasteiger partial charge in [0.25, 0.3) is 0 Å². The fourth-order valence-corrected chi connectivity index (χ4v) is 4.83. The molecule has 9 heteroatoms. The van der Waals surface area contributed by atoms with Crippen LogP contribution in [0.1, 0.15) is 50.7 Å². The Hall–Kier alpha value is -2.58. The van der Waals surface area contributed by atoms with E-state index in [0.29, 0.717) is 30.2 Å². The van der Waals surface area contributed by atoms with Crippen molar-refractivity contribution in [2.45, 2.75) is 59.0 Å². The number of halogens is 1. The maximum atomic E-state index is 13.3. The van der Waals surface area contributed by atoms with Crippen LogP contribution in [0, 0.1) is 6.92 Å². The monoisotopic (exact) mass is 521 g/mol. The van der Waals surface area contributed by atoms with E-state index < -0.39 is 16.1 Å². The number of benzene rings is 2. The average molecular weight is 522 g/mol. The summed E-state index contributed by atoms with van der Waals surface area (Å²) in [5.41, 5.74) is 2.50. The van der Waals surface area contributed by atoms with E-state index in [1.54, 1.807) is 36.1 Å². The summed E-state index contributed by atoms with van der Waals surface area (Å²) < 4.78 is 26.0. The Labute approximate surface area is 214 Å². The number of amides is 2. The minimum atomic E-state index is -3.54. The second-order valence-electron chi connectivity index (χ2n) is 8.75. The van der Waals surface area contributed by atoms with Gasteiger partial charge < -0.3 is 10.2 Å². The first kappa shape index (κ1) is 28.7. The molecule has 2 rings (SSSR count). The summed E-state index contributed by atoms with van der Waals surface area (Å²) in [6.07, 6.45) is 3.39. The van der Waals surface area contributed by atoms with Gasteiger partial charge in [0.15, 0.2) is 0 Å². The van der Waals surface area contributed by atoms with Crippen LogP contribution in [0.5, 0.6) is 0 Å². The van der Waals surface area contributed by atoms with Crippen molar-refractivity contribution < 1.29 is 18.0 Å². The fraction of sp³-hybridized carbons (Fsp3) is 0.462. The lowest BCUT2D eigenvalue weighted by Crippen LogP contribution is -2.48. The Morgan fingerprint density at radius 3 is 2.37 bits per heavy atom. The predicted octanol–water partition coefficient (Wildman–Crippen LogP) is 4.53. The van der Waals surface area contributed by atoms with Crippen LogP contribution in [-0.2, 0) is 26.2 Å². The molecule has 0 aliphatic carbocycles. The number of unbranched alkanes of at least 4 members (excludes halogenated alkanes) is 1. The van der Waals surface area contributed by atoms with Crippen molar-refractivity contribution >= 4 is 39.1 Å². The molecule has 0 saturated carbocycles. The number of carbonyl (C=O) groups excluding carboxylic acids is 2. The van der Waals surface area contributed by atoms with Crippen molar-refractivity contribution in [1.82, 2.24) is 10.2 Å². The quantitative estimate of drug-likeness (QED) is 0.392. The third kappa shape index (κ3) is 9.18. The van der Waals surface area contributed by atoms with Crippen molar-refractivity contribution in [3.63, 3.8) is 0 Å². The maximum absolute atomic E-state index is 13.3. The van der Waals surface area contributed by atoms with Gasteiger partial charge in [-0.2, -0.15) is 0 Å². The van der Waals surface area contributed by atoms with Crippen LogP contribution in [0.3, 0.4) is 0 Å². The summed E-state index contributed by atoms with van der Waals surface area (Å²) in [6.45, 7) is 6.76. The lowest BCUT2D eigenvalue weighted by molar-refractivity contribution is -0.140. The Morgan fingerprint density at radius 1 is 1.09 bits per heavy atom. The van der Waals surface area contributed by atoms with Crippen LogP contribution in [0.15, 0.2) is 48.5 Å². The SMILES string of the molecule is CCCCNC(=O)C(C)N(Cc1cccc(C)c1)C(=O)CCCN(c1ccc(Cl)cc1)S(C)(=O)=O. The molecule has 1 unspecified atom stereocenters. The van der Waals surface area contributed by atoms with Crippen LogP contribution in [0.25, 0.3) is 0 Å². The highest BCUT2D eigenvalue weighted by Crippen LogP contribution is 2.21. The summed E-state index contributed by atoms with van der Waals surface area (Å²) in [7, 11) is -3.54. The number of hydrogen-bond acceptors (Lipinski definition) is 4.